The van der Waals surface area contributed by atoms with E-state index in [1.54, 1.807) is 12.1 Å². The van der Waals surface area contributed by atoms with Gasteiger partial charge >= 0.3 is 0 Å². The van der Waals surface area contributed by atoms with Crippen LogP contribution in [0.4, 0.5) is 0 Å². The molecule has 0 amide bonds. The number of hydrogen-bond acceptors (Lipinski definition) is 2. The highest BCUT2D eigenvalue weighted by Gasteiger charge is 2.07. The van der Waals surface area contributed by atoms with Crippen LogP contribution < -0.4 is 5.73 Å². The molecule has 0 bridgehead atoms. The van der Waals surface area contributed by atoms with Crippen LogP contribution in [0.3, 0.4) is 0 Å². The molecular weight excluding hydrogens is 241 g/mol. The Bertz CT molecular complexity index is 344. The summed E-state index contributed by atoms with van der Waals surface area (Å²) in [7, 11) is -0.958. The Morgan fingerprint density at radius 3 is 2.71 bits per heavy atom. The number of nitrogens with two attached hydrogens (primary N) is 1. The van der Waals surface area contributed by atoms with Crippen LogP contribution in [-0.2, 0) is 16.6 Å². The molecule has 0 aliphatic rings. The summed E-state index contributed by atoms with van der Waals surface area (Å²) in [5.41, 5.74) is 6.11. The fraction of sp³-hybridized carbons (Fsp3) is 0.333. The molecule has 1 aromatic carbocycles. The fourth-order valence-corrected chi connectivity index (χ4v) is 2.50. The predicted molar refractivity (Wildman–Crippen MR) is 62.2 cm³/mol. The largest absolute Gasteiger partial charge is 0.330 e. The van der Waals surface area contributed by atoms with Crippen LogP contribution in [0.25, 0.3) is 0 Å². The maximum atomic E-state index is 11.4. The van der Waals surface area contributed by atoms with E-state index in [-0.39, 0.29) is 0 Å². The first kappa shape index (κ1) is 12.0. The monoisotopic (exact) mass is 251 g/mol. The van der Waals surface area contributed by atoms with E-state index in [2.05, 4.69) is 0 Å². The molecule has 0 aromatic heterocycles. The fourth-order valence-electron chi connectivity index (χ4n) is 1.04. The third kappa shape index (κ3) is 3.24. The number of rotatable bonds is 4. The second kappa shape index (κ2) is 5.71. The second-order valence-corrected chi connectivity index (χ2v) is 5.15. The van der Waals surface area contributed by atoms with E-state index in [4.69, 9.17) is 28.9 Å². The van der Waals surface area contributed by atoms with E-state index in [1.807, 2.05) is 6.07 Å². The van der Waals surface area contributed by atoms with Crippen molar-refractivity contribution in [2.45, 2.75) is 5.75 Å². The van der Waals surface area contributed by atoms with Crippen molar-refractivity contribution in [3.8, 4) is 0 Å². The van der Waals surface area contributed by atoms with Gasteiger partial charge in [0.05, 0.1) is 15.8 Å². The van der Waals surface area contributed by atoms with Gasteiger partial charge in [-0.15, -0.1) is 0 Å². The van der Waals surface area contributed by atoms with Gasteiger partial charge in [0, 0.05) is 23.1 Å². The first-order valence-electron chi connectivity index (χ1n) is 4.13. The highest BCUT2D eigenvalue weighted by Crippen LogP contribution is 2.26. The van der Waals surface area contributed by atoms with E-state index < -0.39 is 10.8 Å². The highest BCUT2D eigenvalue weighted by molar-refractivity contribution is 7.84. The number of hydrogen-bond donors (Lipinski definition) is 1. The lowest BCUT2D eigenvalue weighted by atomic mass is 10.2. The van der Waals surface area contributed by atoms with E-state index in [0.29, 0.717) is 28.1 Å². The molecule has 0 aliphatic heterocycles. The Hall–Kier alpha value is -0.0900. The average Bonchev–Trinajstić information content (AvgIpc) is 2.13. The molecule has 0 saturated heterocycles. The van der Waals surface area contributed by atoms with E-state index >= 15 is 0 Å². The van der Waals surface area contributed by atoms with Crippen molar-refractivity contribution < 1.29 is 4.21 Å². The first-order chi connectivity index (χ1) is 6.65. The van der Waals surface area contributed by atoms with Crippen molar-refractivity contribution in [1.29, 1.82) is 0 Å². The van der Waals surface area contributed by atoms with Gasteiger partial charge in [-0.25, -0.2) is 0 Å². The smallest absolute Gasteiger partial charge is 0.0633 e. The summed E-state index contributed by atoms with van der Waals surface area (Å²) in [5, 5.41) is 0.980. The minimum atomic E-state index is -0.958. The van der Waals surface area contributed by atoms with Gasteiger partial charge in [0.15, 0.2) is 0 Å². The Morgan fingerprint density at radius 2 is 2.07 bits per heavy atom. The lowest BCUT2D eigenvalue weighted by molar-refractivity contribution is 0.682. The zero-order chi connectivity index (χ0) is 10.6. The van der Waals surface area contributed by atoms with Crippen LogP contribution in [0, 0.1) is 0 Å². The molecule has 14 heavy (non-hydrogen) atoms. The topological polar surface area (TPSA) is 43.1 Å². The molecule has 78 valence electrons. The lowest BCUT2D eigenvalue weighted by Crippen LogP contribution is -2.11. The molecule has 5 heteroatoms. The van der Waals surface area contributed by atoms with Crippen LogP contribution in [-0.4, -0.2) is 16.5 Å². The molecule has 2 N–H and O–H groups in total. The van der Waals surface area contributed by atoms with Gasteiger partial charge in [0.25, 0.3) is 0 Å². The van der Waals surface area contributed by atoms with Crippen molar-refractivity contribution in [2.24, 2.45) is 5.73 Å². The zero-order valence-corrected chi connectivity index (χ0v) is 9.83. The normalized spacial score (nSPS) is 12.8. The summed E-state index contributed by atoms with van der Waals surface area (Å²) in [4.78, 5) is 0. The molecule has 0 fully saturated rings. The quantitative estimate of drug-likeness (QED) is 0.892. The summed E-state index contributed by atoms with van der Waals surface area (Å²) >= 11 is 11.8. The van der Waals surface area contributed by atoms with Crippen LogP contribution in [0.15, 0.2) is 18.2 Å². The standard InChI is InChI=1S/C9H11Cl2NOS/c10-8-3-1-2-7(9(8)11)6-14(13)5-4-12/h1-3H,4-6,12H2. The molecule has 0 aliphatic carbocycles. The first-order valence-corrected chi connectivity index (χ1v) is 6.37. The van der Waals surface area contributed by atoms with Gasteiger partial charge in [-0.3, -0.25) is 4.21 Å². The SMILES string of the molecule is NCCS(=O)Cc1cccc(Cl)c1Cl. The molecular formula is C9H11Cl2NOS. The van der Waals surface area contributed by atoms with Gasteiger partial charge in [-0.2, -0.15) is 0 Å². The highest BCUT2D eigenvalue weighted by atomic mass is 35.5. The minimum Gasteiger partial charge on any atom is -0.330 e. The van der Waals surface area contributed by atoms with E-state index in [9.17, 15) is 4.21 Å². The third-order valence-corrected chi connectivity index (χ3v) is 3.88. The van der Waals surface area contributed by atoms with Crippen molar-refractivity contribution in [2.75, 3.05) is 12.3 Å². The van der Waals surface area contributed by atoms with Crippen molar-refractivity contribution in [3.63, 3.8) is 0 Å². The summed E-state index contributed by atoms with van der Waals surface area (Å²) in [6.45, 7) is 0.421. The van der Waals surface area contributed by atoms with Crippen molar-refractivity contribution in [3.05, 3.63) is 33.8 Å². The zero-order valence-electron chi connectivity index (χ0n) is 7.50. The summed E-state index contributed by atoms with van der Waals surface area (Å²) in [5.74, 6) is 0.902. The predicted octanol–water partition coefficient (Wildman–Crippen LogP) is 2.20. The number of benzene rings is 1. The van der Waals surface area contributed by atoms with Crippen molar-refractivity contribution >= 4 is 34.0 Å². The molecule has 0 saturated carbocycles. The number of halogens is 2. The van der Waals surface area contributed by atoms with Crippen LogP contribution in [0.1, 0.15) is 5.56 Å². The molecule has 1 unspecified atom stereocenters. The second-order valence-electron chi connectivity index (χ2n) is 2.79. The Kier molecular flexibility index (Phi) is 4.89. The molecule has 2 nitrogen and oxygen atoms in total. The van der Waals surface area contributed by atoms with Crippen LogP contribution in [0.2, 0.25) is 10.0 Å². The average molecular weight is 252 g/mol. The maximum absolute atomic E-state index is 11.4. The Balaban J connectivity index is 2.76. The molecule has 1 atom stereocenters. The summed E-state index contributed by atoms with van der Waals surface area (Å²) in [6, 6.07) is 5.32. The Labute approximate surface area is 95.8 Å². The van der Waals surface area contributed by atoms with Crippen LogP contribution in [0.5, 0.6) is 0 Å². The third-order valence-electron chi connectivity index (χ3n) is 1.69. The van der Waals surface area contributed by atoms with Gasteiger partial charge in [0.2, 0.25) is 0 Å². The van der Waals surface area contributed by atoms with Crippen LogP contribution >= 0.6 is 23.2 Å². The Morgan fingerprint density at radius 1 is 1.36 bits per heavy atom. The van der Waals surface area contributed by atoms with Crippen molar-refractivity contribution in [1.82, 2.24) is 0 Å². The summed E-state index contributed by atoms with van der Waals surface area (Å²) < 4.78 is 11.4. The molecule has 1 aromatic rings. The summed E-state index contributed by atoms with van der Waals surface area (Å²) in [6.07, 6.45) is 0. The van der Waals surface area contributed by atoms with Gasteiger partial charge < -0.3 is 5.73 Å². The van der Waals surface area contributed by atoms with E-state index in [0.717, 1.165) is 5.56 Å². The van der Waals surface area contributed by atoms with Gasteiger partial charge in [0.1, 0.15) is 0 Å². The minimum absolute atomic E-state index is 0.413. The lowest BCUT2D eigenvalue weighted by Gasteiger charge is -2.04. The van der Waals surface area contributed by atoms with Gasteiger partial charge in [-0.1, -0.05) is 35.3 Å². The molecule has 0 spiro atoms. The maximum Gasteiger partial charge on any atom is 0.0633 e. The van der Waals surface area contributed by atoms with Gasteiger partial charge in [-0.05, 0) is 11.6 Å². The molecule has 1 rings (SSSR count). The molecule has 0 radical (unpaired) electrons. The molecule has 0 heterocycles. The van der Waals surface area contributed by atoms with E-state index in [1.165, 1.54) is 0 Å².